The molecule has 1 aliphatic carbocycles. The topological polar surface area (TPSA) is 41.6 Å². The molecule has 2 aromatic carbocycles. The summed E-state index contributed by atoms with van der Waals surface area (Å²) in [5, 5.41) is 3.95. The fourth-order valence-electron chi connectivity index (χ4n) is 5.47. The summed E-state index contributed by atoms with van der Waals surface area (Å²) < 4.78 is 5.92. The fraction of sp³-hybridized carbons (Fsp3) is 0.480. The second-order valence-corrected chi connectivity index (χ2v) is 10.2. The smallest absolute Gasteiger partial charge is 0.407 e. The summed E-state index contributed by atoms with van der Waals surface area (Å²) in [6.07, 6.45) is 2.96. The van der Waals surface area contributed by atoms with E-state index in [4.69, 9.17) is 16.3 Å². The van der Waals surface area contributed by atoms with Gasteiger partial charge < -0.3 is 10.1 Å². The minimum absolute atomic E-state index is 0.0249. The lowest BCUT2D eigenvalue weighted by Gasteiger charge is -2.44. The average Bonchev–Trinajstić information content (AvgIpc) is 2.98. The van der Waals surface area contributed by atoms with Crippen LogP contribution in [0.1, 0.15) is 43.9 Å². The molecule has 4 aliphatic rings. The number of carbonyl (C=O) groups excluding carboxylic acids is 1. The van der Waals surface area contributed by atoms with Gasteiger partial charge in [0.1, 0.15) is 6.10 Å². The van der Waals surface area contributed by atoms with E-state index in [-0.39, 0.29) is 23.7 Å². The molecule has 3 fully saturated rings. The summed E-state index contributed by atoms with van der Waals surface area (Å²) in [5.41, 5.74) is 4.69. The lowest BCUT2D eigenvalue weighted by atomic mass is 9.85. The molecule has 30 heavy (non-hydrogen) atoms. The van der Waals surface area contributed by atoms with Crippen molar-refractivity contribution >= 4 is 17.7 Å². The molecule has 1 unspecified atom stereocenters. The zero-order valence-electron chi connectivity index (χ0n) is 17.7. The Hall–Kier alpha value is -2.04. The number of nitrogens with one attached hydrogen (secondary N) is 1. The molecule has 6 rings (SSSR count). The Balaban J connectivity index is 1.35. The number of carbonyl (C=O) groups is 1. The van der Waals surface area contributed by atoms with Gasteiger partial charge in [-0.3, -0.25) is 4.90 Å². The highest BCUT2D eigenvalue weighted by molar-refractivity contribution is 6.30. The van der Waals surface area contributed by atoms with E-state index in [1.807, 2.05) is 24.3 Å². The minimum Gasteiger partial charge on any atom is -0.445 e. The average molecular weight is 425 g/mol. The van der Waals surface area contributed by atoms with Gasteiger partial charge in [-0.05, 0) is 84.1 Å². The van der Waals surface area contributed by atoms with Crippen LogP contribution < -0.4 is 5.32 Å². The Bertz CT molecular complexity index is 948. The molecule has 0 spiro atoms. The van der Waals surface area contributed by atoms with Crippen molar-refractivity contribution in [1.82, 2.24) is 10.2 Å². The van der Waals surface area contributed by atoms with Gasteiger partial charge >= 0.3 is 6.09 Å². The van der Waals surface area contributed by atoms with Crippen molar-refractivity contribution < 1.29 is 9.53 Å². The number of amides is 1. The molecule has 0 aromatic heterocycles. The number of nitrogens with zero attached hydrogens (tertiary/aromatic N) is 1. The number of alkyl carbamates (subject to hydrolysis) is 1. The van der Waals surface area contributed by atoms with Gasteiger partial charge in [-0.25, -0.2) is 4.79 Å². The van der Waals surface area contributed by atoms with Crippen LogP contribution in [-0.2, 0) is 11.2 Å². The third kappa shape index (κ3) is 3.72. The van der Waals surface area contributed by atoms with Crippen molar-refractivity contribution in [2.75, 3.05) is 19.6 Å². The fourth-order valence-corrected chi connectivity index (χ4v) is 5.59. The van der Waals surface area contributed by atoms with E-state index in [1.54, 1.807) is 0 Å². The maximum Gasteiger partial charge on any atom is 0.407 e. The SMILES string of the molecule is CC1(C)Cc2ccc(-c3ccc(Cl)cc3)cc2C1NC(=O)O[C@@H]1CN2CCC1CC2. The number of rotatable bonds is 3. The van der Waals surface area contributed by atoms with Crippen LogP contribution in [0.5, 0.6) is 0 Å². The van der Waals surface area contributed by atoms with Gasteiger partial charge in [-0.2, -0.15) is 0 Å². The minimum atomic E-state index is -0.281. The highest BCUT2D eigenvalue weighted by Gasteiger charge is 2.42. The summed E-state index contributed by atoms with van der Waals surface area (Å²) >= 11 is 6.05. The van der Waals surface area contributed by atoms with Crippen LogP contribution >= 0.6 is 11.6 Å². The van der Waals surface area contributed by atoms with E-state index in [9.17, 15) is 4.79 Å². The number of hydrogen-bond acceptors (Lipinski definition) is 3. The molecular weight excluding hydrogens is 396 g/mol. The van der Waals surface area contributed by atoms with Crippen molar-refractivity contribution in [3.63, 3.8) is 0 Å². The first-order valence-electron chi connectivity index (χ1n) is 11.0. The van der Waals surface area contributed by atoms with E-state index in [2.05, 4.69) is 42.3 Å². The van der Waals surface area contributed by atoms with Crippen LogP contribution in [-0.4, -0.2) is 36.7 Å². The Morgan fingerprint density at radius 1 is 1.10 bits per heavy atom. The van der Waals surface area contributed by atoms with Gasteiger partial charge in [0.2, 0.25) is 0 Å². The quantitative estimate of drug-likeness (QED) is 0.712. The van der Waals surface area contributed by atoms with Gasteiger partial charge in [0, 0.05) is 11.6 Å². The third-order valence-electron chi connectivity index (χ3n) is 7.18. The second kappa shape index (κ2) is 7.58. The van der Waals surface area contributed by atoms with Gasteiger partial charge in [-0.1, -0.05) is 49.7 Å². The molecule has 4 nitrogen and oxygen atoms in total. The van der Waals surface area contributed by atoms with E-state index in [0.717, 1.165) is 55.0 Å². The normalized spacial score (nSPS) is 28.8. The van der Waals surface area contributed by atoms with Gasteiger partial charge in [-0.15, -0.1) is 0 Å². The zero-order chi connectivity index (χ0) is 20.9. The van der Waals surface area contributed by atoms with E-state index in [1.165, 1.54) is 11.1 Å². The third-order valence-corrected chi connectivity index (χ3v) is 7.43. The highest BCUT2D eigenvalue weighted by Crippen LogP contribution is 2.46. The summed E-state index contributed by atoms with van der Waals surface area (Å²) in [7, 11) is 0. The molecule has 0 radical (unpaired) electrons. The second-order valence-electron chi connectivity index (χ2n) is 9.74. The predicted molar refractivity (Wildman–Crippen MR) is 120 cm³/mol. The van der Waals surface area contributed by atoms with Crippen molar-refractivity contribution in [2.24, 2.45) is 11.3 Å². The van der Waals surface area contributed by atoms with E-state index >= 15 is 0 Å². The van der Waals surface area contributed by atoms with E-state index < -0.39 is 0 Å². The number of benzene rings is 2. The maximum atomic E-state index is 12.9. The Kier molecular flexibility index (Phi) is 5.03. The molecule has 3 saturated heterocycles. The molecule has 2 aromatic rings. The Morgan fingerprint density at radius 2 is 1.80 bits per heavy atom. The molecule has 2 bridgehead atoms. The zero-order valence-corrected chi connectivity index (χ0v) is 18.4. The molecule has 3 heterocycles. The monoisotopic (exact) mass is 424 g/mol. The first-order valence-corrected chi connectivity index (χ1v) is 11.4. The Morgan fingerprint density at radius 3 is 2.47 bits per heavy atom. The van der Waals surface area contributed by atoms with Crippen molar-refractivity contribution in [1.29, 1.82) is 0 Å². The summed E-state index contributed by atoms with van der Waals surface area (Å²) in [5.74, 6) is 0.515. The lowest BCUT2D eigenvalue weighted by molar-refractivity contribution is -0.0348. The van der Waals surface area contributed by atoms with Crippen LogP contribution in [0.15, 0.2) is 42.5 Å². The highest BCUT2D eigenvalue weighted by atomic mass is 35.5. The molecule has 1 N–H and O–H groups in total. The molecule has 5 heteroatoms. The molecular formula is C25H29ClN2O2. The molecule has 3 aliphatic heterocycles. The van der Waals surface area contributed by atoms with Crippen LogP contribution in [0.25, 0.3) is 11.1 Å². The number of halogens is 1. The lowest BCUT2D eigenvalue weighted by Crippen LogP contribution is -2.53. The number of ether oxygens (including phenoxy) is 1. The van der Waals surface area contributed by atoms with Crippen LogP contribution in [0.4, 0.5) is 4.79 Å². The molecule has 158 valence electrons. The van der Waals surface area contributed by atoms with Gasteiger partial charge in [0.25, 0.3) is 0 Å². The van der Waals surface area contributed by atoms with Crippen LogP contribution in [0, 0.1) is 11.3 Å². The van der Waals surface area contributed by atoms with Crippen molar-refractivity contribution in [3.8, 4) is 11.1 Å². The first kappa shape index (κ1) is 19.9. The first-order chi connectivity index (χ1) is 14.4. The largest absolute Gasteiger partial charge is 0.445 e. The van der Waals surface area contributed by atoms with E-state index in [0.29, 0.717) is 5.92 Å². The standard InChI is InChI=1S/C25H29ClN2O2/c1-25(2)14-19-4-3-18(16-5-7-20(26)8-6-16)13-21(19)23(25)27-24(29)30-22-15-28-11-9-17(22)10-12-28/h3-8,13,17,22-23H,9-12,14-15H2,1-2H3,(H,27,29)/t22-,23?/m1/s1. The summed E-state index contributed by atoms with van der Waals surface area (Å²) in [6.45, 7) is 7.59. The molecule has 2 atom stereocenters. The number of piperidine rings is 3. The number of hydrogen-bond donors (Lipinski definition) is 1. The van der Waals surface area contributed by atoms with Gasteiger partial charge in [0.15, 0.2) is 0 Å². The number of fused-ring (bicyclic) bond motifs is 4. The molecule has 1 amide bonds. The molecule has 0 saturated carbocycles. The summed E-state index contributed by atoms with van der Waals surface area (Å²) in [4.78, 5) is 15.3. The Labute approximate surface area is 183 Å². The van der Waals surface area contributed by atoms with Crippen LogP contribution in [0.2, 0.25) is 5.02 Å². The van der Waals surface area contributed by atoms with Crippen molar-refractivity contribution in [2.45, 2.75) is 45.3 Å². The van der Waals surface area contributed by atoms with Crippen LogP contribution in [0.3, 0.4) is 0 Å². The predicted octanol–water partition coefficient (Wildman–Crippen LogP) is 5.45. The van der Waals surface area contributed by atoms with Gasteiger partial charge in [0.05, 0.1) is 6.04 Å². The maximum absolute atomic E-state index is 12.9. The van der Waals surface area contributed by atoms with Crippen molar-refractivity contribution in [3.05, 3.63) is 58.6 Å². The summed E-state index contributed by atoms with van der Waals surface area (Å²) in [6, 6.07) is 14.4.